The van der Waals surface area contributed by atoms with E-state index in [4.69, 9.17) is 18.6 Å². The summed E-state index contributed by atoms with van der Waals surface area (Å²) >= 11 is 0. The molecular formula is C26H27N3O8. The lowest BCUT2D eigenvalue weighted by Crippen LogP contribution is -2.37. The van der Waals surface area contributed by atoms with Crippen LogP contribution in [0.5, 0.6) is 5.75 Å². The van der Waals surface area contributed by atoms with E-state index in [2.05, 4.69) is 5.32 Å². The molecule has 0 unspecified atom stereocenters. The number of rotatable bonds is 9. The monoisotopic (exact) mass is 509 g/mol. The molecule has 1 saturated heterocycles. The van der Waals surface area contributed by atoms with E-state index < -0.39 is 16.8 Å². The predicted molar refractivity (Wildman–Crippen MR) is 135 cm³/mol. The fraction of sp³-hybridized carbons (Fsp3) is 0.308. The van der Waals surface area contributed by atoms with E-state index in [-0.39, 0.29) is 29.4 Å². The number of nitrogens with one attached hydrogen (secondary N) is 1. The zero-order valence-corrected chi connectivity index (χ0v) is 20.5. The number of benzene rings is 2. The third kappa shape index (κ3) is 5.89. The molecule has 2 heterocycles. The van der Waals surface area contributed by atoms with Gasteiger partial charge >= 0.3 is 5.97 Å². The maximum absolute atomic E-state index is 12.9. The quantitative estimate of drug-likeness (QED) is 0.251. The Morgan fingerprint density at radius 2 is 1.89 bits per heavy atom. The Kier molecular flexibility index (Phi) is 8.04. The highest BCUT2D eigenvalue weighted by Crippen LogP contribution is 2.34. The van der Waals surface area contributed by atoms with Crippen molar-refractivity contribution < 1.29 is 33.1 Å². The van der Waals surface area contributed by atoms with Crippen LogP contribution in [0.15, 0.2) is 52.9 Å². The summed E-state index contributed by atoms with van der Waals surface area (Å²) in [6, 6.07) is 12.3. The van der Waals surface area contributed by atoms with Gasteiger partial charge in [-0.15, -0.1) is 0 Å². The van der Waals surface area contributed by atoms with Crippen molar-refractivity contribution in [3.05, 3.63) is 70.0 Å². The van der Waals surface area contributed by atoms with Crippen molar-refractivity contribution in [3.63, 3.8) is 0 Å². The van der Waals surface area contributed by atoms with E-state index in [1.165, 1.54) is 31.4 Å². The van der Waals surface area contributed by atoms with E-state index in [9.17, 15) is 19.7 Å². The summed E-state index contributed by atoms with van der Waals surface area (Å²) in [4.78, 5) is 38.7. The first-order valence-electron chi connectivity index (χ1n) is 11.8. The standard InChI is InChI=1S/C26H27N3O8/c1-3-12-36-26(31)20-15-17(4-7-21(20)28-10-13-35-14-11-28)27-25(30)24-9-8-23(37-24)19-6-5-18(34-2)16-22(19)29(32)33/h4-9,15-16H,3,10-14H2,1-2H3,(H,27,30). The first-order valence-corrected chi connectivity index (χ1v) is 11.8. The van der Waals surface area contributed by atoms with E-state index in [0.717, 1.165) is 0 Å². The number of esters is 1. The van der Waals surface area contributed by atoms with Crippen LogP contribution >= 0.6 is 0 Å². The smallest absolute Gasteiger partial charge is 0.340 e. The van der Waals surface area contributed by atoms with Gasteiger partial charge in [-0.2, -0.15) is 0 Å². The lowest BCUT2D eigenvalue weighted by Gasteiger charge is -2.30. The SMILES string of the molecule is CCCOC(=O)c1cc(NC(=O)c2ccc(-c3ccc(OC)cc3[N+](=O)[O-])o2)ccc1N1CCOCC1. The van der Waals surface area contributed by atoms with Crippen molar-refractivity contribution >= 4 is 28.9 Å². The van der Waals surface area contributed by atoms with Crippen LogP contribution in [-0.2, 0) is 9.47 Å². The average Bonchev–Trinajstić information content (AvgIpc) is 3.42. The van der Waals surface area contributed by atoms with Crippen LogP contribution in [0.3, 0.4) is 0 Å². The number of hydrogen-bond acceptors (Lipinski definition) is 9. The number of carbonyl (C=O) groups excluding carboxylic acids is 2. The minimum Gasteiger partial charge on any atom is -0.497 e. The molecule has 2 aromatic carbocycles. The molecule has 37 heavy (non-hydrogen) atoms. The highest BCUT2D eigenvalue weighted by Gasteiger charge is 2.23. The predicted octanol–water partition coefficient (Wildman–Crippen LogP) is 4.52. The van der Waals surface area contributed by atoms with Crippen LogP contribution < -0.4 is 15.0 Å². The Morgan fingerprint density at radius 1 is 1.11 bits per heavy atom. The maximum atomic E-state index is 12.9. The van der Waals surface area contributed by atoms with Gasteiger partial charge in [0.2, 0.25) is 0 Å². The summed E-state index contributed by atoms with van der Waals surface area (Å²) < 4.78 is 21.5. The summed E-state index contributed by atoms with van der Waals surface area (Å²) in [6.45, 7) is 4.55. The number of nitro benzene ring substituents is 1. The van der Waals surface area contributed by atoms with Gasteiger partial charge in [-0.25, -0.2) is 4.79 Å². The van der Waals surface area contributed by atoms with Crippen LogP contribution in [0.25, 0.3) is 11.3 Å². The van der Waals surface area contributed by atoms with Crippen molar-refractivity contribution in [1.82, 2.24) is 0 Å². The first kappa shape index (κ1) is 25.7. The average molecular weight is 510 g/mol. The summed E-state index contributed by atoms with van der Waals surface area (Å²) in [6.07, 6.45) is 0.683. The van der Waals surface area contributed by atoms with Gasteiger partial charge < -0.3 is 28.8 Å². The number of ether oxygens (including phenoxy) is 3. The minimum atomic E-state index is -0.575. The number of methoxy groups -OCH3 is 1. The third-order valence-corrected chi connectivity index (χ3v) is 5.76. The second kappa shape index (κ2) is 11.6. The Bertz CT molecular complexity index is 1300. The summed E-state index contributed by atoms with van der Waals surface area (Å²) in [5.74, 6) is -0.617. The normalized spacial score (nSPS) is 13.2. The molecule has 1 aromatic heterocycles. The Hall–Kier alpha value is -4.38. The molecule has 0 atom stereocenters. The van der Waals surface area contributed by atoms with Crippen molar-refractivity contribution in [2.75, 3.05) is 50.2 Å². The van der Waals surface area contributed by atoms with E-state index in [1.807, 2.05) is 11.8 Å². The zero-order valence-electron chi connectivity index (χ0n) is 20.5. The lowest BCUT2D eigenvalue weighted by atomic mass is 10.1. The second-order valence-corrected chi connectivity index (χ2v) is 8.23. The molecule has 1 N–H and O–H groups in total. The van der Waals surface area contributed by atoms with Gasteiger partial charge in [-0.1, -0.05) is 6.92 Å². The molecule has 4 rings (SSSR count). The van der Waals surface area contributed by atoms with E-state index >= 15 is 0 Å². The molecule has 194 valence electrons. The maximum Gasteiger partial charge on any atom is 0.340 e. The second-order valence-electron chi connectivity index (χ2n) is 8.23. The van der Waals surface area contributed by atoms with Crippen molar-refractivity contribution in [3.8, 4) is 17.1 Å². The lowest BCUT2D eigenvalue weighted by molar-refractivity contribution is -0.384. The Morgan fingerprint density at radius 3 is 2.59 bits per heavy atom. The molecule has 1 aliphatic heterocycles. The van der Waals surface area contributed by atoms with Crippen LogP contribution in [0.2, 0.25) is 0 Å². The van der Waals surface area contributed by atoms with Crippen LogP contribution in [-0.4, -0.2) is 56.8 Å². The third-order valence-electron chi connectivity index (χ3n) is 5.76. The molecule has 1 amide bonds. The zero-order chi connectivity index (χ0) is 26.4. The molecule has 3 aromatic rings. The molecule has 0 saturated carbocycles. The van der Waals surface area contributed by atoms with E-state index in [0.29, 0.717) is 55.4 Å². The van der Waals surface area contributed by atoms with Crippen LogP contribution in [0.1, 0.15) is 34.3 Å². The van der Waals surface area contributed by atoms with Crippen LogP contribution in [0.4, 0.5) is 17.1 Å². The van der Waals surface area contributed by atoms with Gasteiger partial charge in [-0.05, 0) is 48.9 Å². The highest BCUT2D eigenvalue weighted by molar-refractivity contribution is 6.04. The fourth-order valence-electron chi connectivity index (χ4n) is 3.93. The fourth-order valence-corrected chi connectivity index (χ4v) is 3.93. The van der Waals surface area contributed by atoms with Crippen molar-refractivity contribution in [2.24, 2.45) is 0 Å². The van der Waals surface area contributed by atoms with Gasteiger partial charge in [-0.3, -0.25) is 14.9 Å². The van der Waals surface area contributed by atoms with Crippen molar-refractivity contribution in [2.45, 2.75) is 13.3 Å². The van der Waals surface area contributed by atoms with E-state index in [1.54, 1.807) is 24.3 Å². The van der Waals surface area contributed by atoms with Gasteiger partial charge in [0, 0.05) is 18.8 Å². The molecule has 11 nitrogen and oxygen atoms in total. The number of nitrogens with zero attached hydrogens (tertiary/aromatic N) is 2. The molecule has 1 fully saturated rings. The first-order chi connectivity index (χ1) is 17.9. The highest BCUT2D eigenvalue weighted by atomic mass is 16.6. The molecular weight excluding hydrogens is 482 g/mol. The summed E-state index contributed by atoms with van der Waals surface area (Å²) in [7, 11) is 1.41. The molecule has 1 aliphatic rings. The Labute approximate surface area is 213 Å². The number of nitro groups is 1. The number of hydrogen-bond donors (Lipinski definition) is 1. The summed E-state index contributed by atoms with van der Waals surface area (Å²) in [5.41, 5.74) is 1.41. The number of furan rings is 1. The molecule has 11 heteroatoms. The van der Waals surface area contributed by atoms with Gasteiger partial charge in [0.15, 0.2) is 5.76 Å². The van der Waals surface area contributed by atoms with Gasteiger partial charge in [0.1, 0.15) is 11.5 Å². The largest absolute Gasteiger partial charge is 0.497 e. The molecule has 0 radical (unpaired) electrons. The number of carbonyl (C=O) groups is 2. The number of anilines is 2. The van der Waals surface area contributed by atoms with Gasteiger partial charge in [0.25, 0.3) is 11.6 Å². The van der Waals surface area contributed by atoms with Crippen LogP contribution in [0, 0.1) is 10.1 Å². The number of amides is 1. The summed E-state index contributed by atoms with van der Waals surface area (Å²) in [5, 5.41) is 14.2. The molecule has 0 bridgehead atoms. The minimum absolute atomic E-state index is 0.0486. The number of morpholine rings is 1. The molecule has 0 spiro atoms. The van der Waals surface area contributed by atoms with Gasteiger partial charge in [0.05, 0.1) is 54.7 Å². The topological polar surface area (TPSA) is 133 Å². The Balaban J connectivity index is 1.57. The molecule has 0 aliphatic carbocycles. The van der Waals surface area contributed by atoms with Crippen molar-refractivity contribution in [1.29, 1.82) is 0 Å².